The lowest BCUT2D eigenvalue weighted by molar-refractivity contribution is 0.391. The molecule has 0 spiro atoms. The Bertz CT molecular complexity index is 128. The van der Waals surface area contributed by atoms with Crippen molar-refractivity contribution in [2.75, 3.05) is 33.3 Å². The molecule has 0 aromatic carbocycles. The van der Waals surface area contributed by atoms with Crippen molar-refractivity contribution in [3.63, 3.8) is 0 Å². The van der Waals surface area contributed by atoms with Gasteiger partial charge in [0.05, 0.1) is 0 Å². The molecule has 0 atom stereocenters. The zero-order chi connectivity index (χ0) is 12.3. The third-order valence-corrected chi connectivity index (χ3v) is 8.24. The molecular weight excluding hydrogens is 216 g/mol. The van der Waals surface area contributed by atoms with Crippen LogP contribution >= 0.6 is 0 Å². The largest absolute Gasteiger partial charge is 0.420 e. The number of hydrogen-bond donors (Lipinski definition) is 2. The molecule has 1 saturated heterocycles. The van der Waals surface area contributed by atoms with Gasteiger partial charge in [-0.25, -0.2) is 0 Å². The van der Waals surface area contributed by atoms with Crippen molar-refractivity contribution in [2.24, 2.45) is 0 Å². The fourth-order valence-electron chi connectivity index (χ4n) is 2.05. The molecule has 1 fully saturated rings. The van der Waals surface area contributed by atoms with E-state index in [9.17, 15) is 0 Å². The van der Waals surface area contributed by atoms with Crippen LogP contribution in [0.25, 0.3) is 0 Å². The van der Waals surface area contributed by atoms with Crippen LogP contribution in [0, 0.1) is 0 Å². The lowest BCUT2D eigenvalue weighted by Crippen LogP contribution is -2.39. The Morgan fingerprint density at radius 2 is 1.38 bits per heavy atom. The molecule has 1 aliphatic rings. The Balaban J connectivity index is 0.000000315. The van der Waals surface area contributed by atoms with Crippen LogP contribution in [0.2, 0.25) is 18.1 Å². The smallest absolute Gasteiger partial charge is 0.191 e. The number of hydrogen-bond acceptors (Lipinski definition) is 3. The molecule has 0 aromatic rings. The molecule has 98 valence electrons. The first-order valence-electron chi connectivity index (χ1n) is 6.71. The molecule has 16 heavy (non-hydrogen) atoms. The summed E-state index contributed by atoms with van der Waals surface area (Å²) in [6.07, 6.45) is 1.28. The van der Waals surface area contributed by atoms with Gasteiger partial charge in [-0.2, -0.15) is 0 Å². The standard InChI is InChI=1S/C8H20OSi.C4H10N2/c1-5-8-10(6-2,7-3)9-4;1-2-6-4-3-5-1/h5-8H2,1-4H3;5-6H,1-4H2. The van der Waals surface area contributed by atoms with Gasteiger partial charge in [0, 0.05) is 33.3 Å². The lowest BCUT2D eigenvalue weighted by atomic mass is 10.4. The molecule has 1 aliphatic heterocycles. The number of piperazine rings is 1. The van der Waals surface area contributed by atoms with Gasteiger partial charge in [0.15, 0.2) is 8.32 Å². The van der Waals surface area contributed by atoms with Gasteiger partial charge in [-0.1, -0.05) is 27.2 Å². The molecule has 3 nitrogen and oxygen atoms in total. The molecule has 0 bridgehead atoms. The van der Waals surface area contributed by atoms with Gasteiger partial charge in [0.25, 0.3) is 0 Å². The van der Waals surface area contributed by atoms with Gasteiger partial charge in [-0.15, -0.1) is 0 Å². The quantitative estimate of drug-likeness (QED) is 0.730. The molecule has 1 rings (SSSR count). The van der Waals surface area contributed by atoms with Gasteiger partial charge >= 0.3 is 0 Å². The Morgan fingerprint density at radius 3 is 1.50 bits per heavy atom. The zero-order valence-electron chi connectivity index (χ0n) is 11.6. The van der Waals surface area contributed by atoms with E-state index in [-0.39, 0.29) is 0 Å². The molecule has 0 amide bonds. The average Bonchev–Trinajstić information content (AvgIpc) is 2.39. The van der Waals surface area contributed by atoms with Crippen LogP contribution in [0.15, 0.2) is 0 Å². The van der Waals surface area contributed by atoms with Crippen LogP contribution in [0.5, 0.6) is 0 Å². The maximum atomic E-state index is 5.62. The van der Waals surface area contributed by atoms with E-state index in [1.54, 1.807) is 0 Å². The summed E-state index contributed by atoms with van der Waals surface area (Å²) < 4.78 is 5.62. The van der Waals surface area contributed by atoms with Crippen molar-refractivity contribution in [1.82, 2.24) is 10.6 Å². The van der Waals surface area contributed by atoms with E-state index in [2.05, 4.69) is 31.4 Å². The van der Waals surface area contributed by atoms with Crippen molar-refractivity contribution in [3.8, 4) is 0 Å². The summed E-state index contributed by atoms with van der Waals surface area (Å²) in [6.45, 7) is 11.3. The van der Waals surface area contributed by atoms with E-state index in [1.165, 1.54) is 24.6 Å². The minimum absolute atomic E-state index is 1.14. The fraction of sp³-hybridized carbons (Fsp3) is 1.00. The van der Waals surface area contributed by atoms with E-state index >= 15 is 0 Å². The molecule has 2 N–H and O–H groups in total. The molecule has 1 heterocycles. The van der Waals surface area contributed by atoms with Gasteiger partial charge in [0.2, 0.25) is 0 Å². The number of nitrogens with one attached hydrogen (secondary N) is 2. The van der Waals surface area contributed by atoms with Crippen molar-refractivity contribution in [1.29, 1.82) is 0 Å². The second-order valence-corrected chi connectivity index (χ2v) is 9.03. The first-order chi connectivity index (χ1) is 7.74. The van der Waals surface area contributed by atoms with E-state index in [0.717, 1.165) is 26.2 Å². The summed E-state index contributed by atoms with van der Waals surface area (Å²) in [6, 6.07) is 3.87. The minimum Gasteiger partial charge on any atom is -0.420 e. The van der Waals surface area contributed by atoms with Crippen molar-refractivity contribution < 1.29 is 4.43 Å². The normalized spacial score (nSPS) is 16.5. The van der Waals surface area contributed by atoms with Crippen LogP contribution in [-0.4, -0.2) is 41.6 Å². The van der Waals surface area contributed by atoms with Crippen LogP contribution in [-0.2, 0) is 4.43 Å². The summed E-state index contributed by atoms with van der Waals surface area (Å²) in [4.78, 5) is 0. The lowest BCUT2D eigenvalue weighted by Gasteiger charge is -2.26. The molecule has 0 unspecified atom stereocenters. The van der Waals surface area contributed by atoms with Gasteiger partial charge in [-0.3, -0.25) is 0 Å². The molecule has 4 heteroatoms. The predicted octanol–water partition coefficient (Wildman–Crippen LogP) is 2.21. The fourth-order valence-corrected chi connectivity index (χ4v) is 4.95. The SMILES string of the molecule is C1CNCCN1.CCC[Si](CC)(CC)OC. The van der Waals surface area contributed by atoms with E-state index in [0.29, 0.717) is 0 Å². The van der Waals surface area contributed by atoms with Crippen molar-refractivity contribution in [3.05, 3.63) is 0 Å². The summed E-state index contributed by atoms with van der Waals surface area (Å²) >= 11 is 0. The van der Waals surface area contributed by atoms with Crippen molar-refractivity contribution >= 4 is 8.32 Å². The predicted molar refractivity (Wildman–Crippen MR) is 74.6 cm³/mol. The van der Waals surface area contributed by atoms with Crippen LogP contribution in [0.3, 0.4) is 0 Å². The maximum absolute atomic E-state index is 5.62. The monoisotopic (exact) mass is 246 g/mol. The Labute approximate surface area is 102 Å². The van der Waals surface area contributed by atoms with Crippen molar-refractivity contribution in [2.45, 2.75) is 45.3 Å². The van der Waals surface area contributed by atoms with Gasteiger partial charge in [0.1, 0.15) is 0 Å². The molecule has 0 aromatic heterocycles. The summed E-state index contributed by atoms with van der Waals surface area (Å²) in [7, 11) is 0.666. The second-order valence-electron chi connectivity index (χ2n) is 4.34. The molecular formula is C12H30N2OSi. The van der Waals surface area contributed by atoms with Gasteiger partial charge < -0.3 is 15.1 Å². The third-order valence-electron chi connectivity index (χ3n) is 3.38. The first-order valence-corrected chi connectivity index (χ1v) is 9.24. The van der Waals surface area contributed by atoms with Gasteiger partial charge in [-0.05, 0) is 18.1 Å². The Morgan fingerprint density at radius 1 is 0.938 bits per heavy atom. The third kappa shape index (κ3) is 6.63. The minimum atomic E-state index is -1.22. The Hall–Kier alpha value is 0.0969. The molecule has 0 saturated carbocycles. The maximum Gasteiger partial charge on any atom is 0.191 e. The Kier molecular flexibility index (Phi) is 10.3. The number of rotatable bonds is 5. The van der Waals surface area contributed by atoms with E-state index < -0.39 is 8.32 Å². The van der Waals surface area contributed by atoms with Crippen LogP contribution in [0.1, 0.15) is 27.2 Å². The topological polar surface area (TPSA) is 33.3 Å². The molecule has 0 aliphatic carbocycles. The summed E-state index contributed by atoms with van der Waals surface area (Å²) in [5.74, 6) is 0. The van der Waals surface area contributed by atoms with Crippen LogP contribution < -0.4 is 10.6 Å². The van der Waals surface area contributed by atoms with E-state index in [4.69, 9.17) is 4.43 Å². The highest BCUT2D eigenvalue weighted by Crippen LogP contribution is 2.22. The first kappa shape index (κ1) is 16.1. The average molecular weight is 246 g/mol. The molecule has 0 radical (unpaired) electrons. The highest BCUT2D eigenvalue weighted by molar-refractivity contribution is 6.73. The second kappa shape index (κ2) is 10.3. The highest BCUT2D eigenvalue weighted by Gasteiger charge is 2.27. The highest BCUT2D eigenvalue weighted by atomic mass is 28.4. The van der Waals surface area contributed by atoms with E-state index in [1.807, 2.05) is 7.11 Å². The summed E-state index contributed by atoms with van der Waals surface area (Å²) in [5.41, 5.74) is 0. The summed E-state index contributed by atoms with van der Waals surface area (Å²) in [5, 5.41) is 6.44. The van der Waals surface area contributed by atoms with Crippen LogP contribution in [0.4, 0.5) is 0 Å². The zero-order valence-corrected chi connectivity index (χ0v) is 12.6.